The second kappa shape index (κ2) is 7.22. The number of aryl methyl sites for hydroxylation is 1. The topological polar surface area (TPSA) is 67.2 Å². The van der Waals surface area contributed by atoms with Gasteiger partial charge < -0.3 is 4.74 Å². The summed E-state index contributed by atoms with van der Waals surface area (Å²) in [6.07, 6.45) is 0.916. The molecule has 3 atom stereocenters. The molecule has 0 radical (unpaired) electrons. The molecular weight excluding hydrogens is 346 g/mol. The summed E-state index contributed by atoms with van der Waals surface area (Å²) in [5.41, 5.74) is 1.02. The Balaban J connectivity index is 2.04. The smallest absolute Gasteiger partial charge is 0.183 e. The van der Waals surface area contributed by atoms with Crippen molar-refractivity contribution < 1.29 is 13.2 Å². The highest BCUT2D eigenvalue weighted by molar-refractivity contribution is 7.92. The Hall–Kier alpha value is -2.16. The van der Waals surface area contributed by atoms with E-state index in [0.717, 1.165) is 12.0 Å². The third-order valence-corrected chi connectivity index (χ3v) is 7.45. The Kier molecular flexibility index (Phi) is 5.17. The maximum absolute atomic E-state index is 13.2. The van der Waals surface area contributed by atoms with E-state index in [0.29, 0.717) is 6.61 Å². The highest BCUT2D eigenvalue weighted by Gasteiger charge is 2.72. The van der Waals surface area contributed by atoms with Crippen LogP contribution >= 0.6 is 0 Å². The molecule has 0 unspecified atom stereocenters. The number of rotatable bonds is 7. The highest BCUT2D eigenvalue weighted by atomic mass is 32.2. The predicted molar refractivity (Wildman–Crippen MR) is 101 cm³/mol. The molecule has 4 nitrogen and oxygen atoms in total. The molecule has 0 saturated heterocycles. The molecule has 0 bridgehead atoms. The molecule has 1 aliphatic carbocycles. The van der Waals surface area contributed by atoms with E-state index in [1.165, 1.54) is 5.56 Å². The largest absolute Gasteiger partial charge is 0.380 e. The molecule has 1 saturated carbocycles. The molecule has 0 N–H and O–H groups in total. The Bertz CT molecular complexity index is 901. The summed E-state index contributed by atoms with van der Waals surface area (Å²) in [6, 6.07) is 18.6. The Morgan fingerprint density at radius 3 is 2.27 bits per heavy atom. The number of sulfone groups is 1. The average Bonchev–Trinajstić information content (AvgIpc) is 3.37. The summed E-state index contributed by atoms with van der Waals surface area (Å²) in [6.45, 7) is 4.49. The number of nitrogens with zero attached hydrogens (tertiary/aromatic N) is 1. The molecule has 0 aliphatic heterocycles. The lowest BCUT2D eigenvalue weighted by molar-refractivity contribution is 0.117. The van der Waals surface area contributed by atoms with Crippen LogP contribution < -0.4 is 0 Å². The zero-order chi connectivity index (χ0) is 18.8. The fourth-order valence-corrected chi connectivity index (χ4v) is 5.99. The van der Waals surface area contributed by atoms with Gasteiger partial charge in [0.15, 0.2) is 9.84 Å². The lowest BCUT2D eigenvalue weighted by Crippen LogP contribution is -2.19. The van der Waals surface area contributed by atoms with Gasteiger partial charge in [0.2, 0.25) is 0 Å². The fraction of sp³-hybridized carbons (Fsp3) is 0.381. The first-order valence-corrected chi connectivity index (χ1v) is 10.4. The third kappa shape index (κ3) is 3.04. The van der Waals surface area contributed by atoms with Gasteiger partial charge in [-0.2, -0.15) is 5.26 Å². The minimum atomic E-state index is -3.63. The standard InChI is InChI=1S/C21H23NO3S/c1-3-16-10-12-17(13-11-16)19-20(21(19,14-22)15-25-4-2)26(23,24)18-8-6-5-7-9-18/h5-13,19-20H,3-4,15H2,1-2H3/t19-,20+,21+/m1/s1. The summed E-state index contributed by atoms with van der Waals surface area (Å²) < 4.78 is 32.0. The van der Waals surface area contributed by atoms with Crippen LogP contribution in [0.3, 0.4) is 0 Å². The second-order valence-electron chi connectivity index (χ2n) is 6.64. The van der Waals surface area contributed by atoms with E-state index in [9.17, 15) is 13.7 Å². The van der Waals surface area contributed by atoms with Gasteiger partial charge >= 0.3 is 0 Å². The molecule has 2 aromatic carbocycles. The first-order valence-electron chi connectivity index (χ1n) is 8.88. The monoisotopic (exact) mass is 369 g/mol. The van der Waals surface area contributed by atoms with Gasteiger partial charge in [0.25, 0.3) is 0 Å². The molecule has 136 valence electrons. The van der Waals surface area contributed by atoms with Crippen LogP contribution in [0.4, 0.5) is 0 Å². The zero-order valence-electron chi connectivity index (χ0n) is 15.1. The van der Waals surface area contributed by atoms with Crippen LogP contribution in [0.25, 0.3) is 0 Å². The SMILES string of the molecule is CCOC[C@@]1(C#N)[C@H](c2ccc(CC)cc2)[C@@H]1S(=O)(=O)c1ccccc1. The van der Waals surface area contributed by atoms with Crippen LogP contribution in [0.1, 0.15) is 30.9 Å². The van der Waals surface area contributed by atoms with Crippen molar-refractivity contribution in [3.63, 3.8) is 0 Å². The Morgan fingerprint density at radius 2 is 1.73 bits per heavy atom. The Morgan fingerprint density at radius 1 is 1.08 bits per heavy atom. The molecule has 5 heteroatoms. The van der Waals surface area contributed by atoms with Gasteiger partial charge in [-0.25, -0.2) is 8.42 Å². The zero-order valence-corrected chi connectivity index (χ0v) is 15.9. The van der Waals surface area contributed by atoms with Gasteiger partial charge in [-0.15, -0.1) is 0 Å². The molecule has 0 aromatic heterocycles. The van der Waals surface area contributed by atoms with Crippen molar-refractivity contribution in [1.29, 1.82) is 5.26 Å². The summed E-state index contributed by atoms with van der Waals surface area (Å²) in [5.74, 6) is -0.379. The fourth-order valence-electron chi connectivity index (χ4n) is 3.66. The van der Waals surface area contributed by atoms with Gasteiger partial charge in [0, 0.05) is 12.5 Å². The van der Waals surface area contributed by atoms with E-state index in [2.05, 4.69) is 13.0 Å². The van der Waals surface area contributed by atoms with Crippen molar-refractivity contribution in [2.45, 2.75) is 36.3 Å². The van der Waals surface area contributed by atoms with E-state index in [1.54, 1.807) is 30.3 Å². The van der Waals surface area contributed by atoms with Crippen molar-refractivity contribution in [2.75, 3.05) is 13.2 Å². The van der Waals surface area contributed by atoms with E-state index >= 15 is 0 Å². The number of hydrogen-bond donors (Lipinski definition) is 0. The lowest BCUT2D eigenvalue weighted by Gasteiger charge is -2.09. The third-order valence-electron chi connectivity index (χ3n) is 5.16. The normalized spacial score (nSPS) is 24.8. The average molecular weight is 369 g/mol. The summed E-state index contributed by atoms with van der Waals surface area (Å²) in [7, 11) is -3.63. The number of ether oxygens (including phenoxy) is 1. The van der Waals surface area contributed by atoms with Gasteiger partial charge in [-0.05, 0) is 36.6 Å². The van der Waals surface area contributed by atoms with Crippen LogP contribution in [-0.4, -0.2) is 26.9 Å². The van der Waals surface area contributed by atoms with Crippen LogP contribution in [0, 0.1) is 16.7 Å². The van der Waals surface area contributed by atoms with Crippen molar-refractivity contribution >= 4 is 9.84 Å². The summed E-state index contributed by atoms with van der Waals surface area (Å²) >= 11 is 0. The molecule has 1 fully saturated rings. The highest BCUT2D eigenvalue weighted by Crippen LogP contribution is 2.63. The van der Waals surface area contributed by atoms with E-state index in [-0.39, 0.29) is 17.4 Å². The summed E-state index contributed by atoms with van der Waals surface area (Å²) in [4.78, 5) is 0.258. The predicted octanol–water partition coefficient (Wildman–Crippen LogP) is 3.74. The van der Waals surface area contributed by atoms with Gasteiger partial charge in [0.05, 0.1) is 22.8 Å². The minimum Gasteiger partial charge on any atom is -0.380 e. The summed E-state index contributed by atoms with van der Waals surface area (Å²) in [5, 5.41) is 9.11. The number of benzene rings is 2. The van der Waals surface area contributed by atoms with Crippen LogP contribution in [0.5, 0.6) is 0 Å². The minimum absolute atomic E-state index is 0.122. The van der Waals surface area contributed by atoms with Crippen molar-refractivity contribution in [3.8, 4) is 6.07 Å². The molecule has 3 rings (SSSR count). The maximum atomic E-state index is 13.2. The van der Waals surface area contributed by atoms with Crippen molar-refractivity contribution in [3.05, 3.63) is 65.7 Å². The molecule has 26 heavy (non-hydrogen) atoms. The molecule has 1 aliphatic rings. The second-order valence-corrected chi connectivity index (χ2v) is 8.71. The van der Waals surface area contributed by atoms with Crippen molar-refractivity contribution in [1.82, 2.24) is 0 Å². The van der Waals surface area contributed by atoms with Gasteiger partial charge in [0.1, 0.15) is 5.41 Å². The number of nitriles is 1. The quantitative estimate of drug-likeness (QED) is 0.746. The van der Waals surface area contributed by atoms with Gasteiger partial charge in [-0.3, -0.25) is 0 Å². The molecule has 0 amide bonds. The molecular formula is C21H23NO3S. The first kappa shape index (κ1) is 18.6. The lowest BCUT2D eigenvalue weighted by atomic mass is 10.00. The maximum Gasteiger partial charge on any atom is 0.183 e. The van der Waals surface area contributed by atoms with Crippen LogP contribution in [-0.2, 0) is 21.0 Å². The molecule has 0 spiro atoms. The molecule has 2 aromatic rings. The van der Waals surface area contributed by atoms with Crippen molar-refractivity contribution in [2.24, 2.45) is 5.41 Å². The Labute approximate surface area is 155 Å². The van der Waals surface area contributed by atoms with Crippen LogP contribution in [0.15, 0.2) is 59.5 Å². The molecule has 0 heterocycles. The van der Waals surface area contributed by atoms with E-state index < -0.39 is 20.5 Å². The first-order chi connectivity index (χ1) is 12.5. The van der Waals surface area contributed by atoms with E-state index in [1.807, 2.05) is 31.2 Å². The van der Waals surface area contributed by atoms with E-state index in [4.69, 9.17) is 4.74 Å². The van der Waals surface area contributed by atoms with Gasteiger partial charge in [-0.1, -0.05) is 49.4 Å². The number of hydrogen-bond acceptors (Lipinski definition) is 4. The van der Waals surface area contributed by atoms with Crippen LogP contribution in [0.2, 0.25) is 0 Å².